The van der Waals surface area contributed by atoms with Crippen molar-refractivity contribution in [3.63, 3.8) is 0 Å². The minimum Gasteiger partial charge on any atom is -0.378 e. The number of carbonyl (C=O) groups is 1. The molecule has 0 atom stereocenters. The Morgan fingerprint density at radius 1 is 1.07 bits per heavy atom. The molecule has 1 aromatic heterocycles. The highest BCUT2D eigenvalue weighted by Crippen LogP contribution is 2.17. The molecule has 6 nitrogen and oxygen atoms in total. The monoisotopic (exact) mass is 365 g/mol. The Kier molecular flexibility index (Phi) is 5.51. The molecular formula is C20H20FN5O. The van der Waals surface area contributed by atoms with Gasteiger partial charge in [0.15, 0.2) is 0 Å². The van der Waals surface area contributed by atoms with Gasteiger partial charge in [-0.1, -0.05) is 0 Å². The third-order valence-corrected chi connectivity index (χ3v) is 3.89. The molecule has 0 aliphatic heterocycles. The van der Waals surface area contributed by atoms with E-state index in [2.05, 4.69) is 15.8 Å². The lowest BCUT2D eigenvalue weighted by Gasteiger charge is -2.13. The number of hydrazone groups is 1. The van der Waals surface area contributed by atoms with E-state index in [4.69, 9.17) is 0 Å². The van der Waals surface area contributed by atoms with Gasteiger partial charge in [0.2, 0.25) is 0 Å². The fourth-order valence-electron chi connectivity index (χ4n) is 2.50. The first-order chi connectivity index (χ1) is 13.0. The predicted molar refractivity (Wildman–Crippen MR) is 106 cm³/mol. The number of hydrogen-bond acceptors (Lipinski definition) is 3. The van der Waals surface area contributed by atoms with E-state index in [1.54, 1.807) is 6.21 Å². The molecule has 2 aromatic carbocycles. The minimum atomic E-state index is -0.508. The maximum Gasteiger partial charge on any atom is 0.339 e. The molecule has 0 bridgehead atoms. The van der Waals surface area contributed by atoms with Crippen molar-refractivity contribution in [2.75, 3.05) is 24.3 Å². The van der Waals surface area contributed by atoms with Crippen molar-refractivity contribution in [1.82, 2.24) is 9.99 Å². The van der Waals surface area contributed by atoms with Gasteiger partial charge in [0, 0.05) is 37.4 Å². The molecule has 2 amide bonds. The fourth-order valence-corrected chi connectivity index (χ4v) is 2.50. The second-order valence-electron chi connectivity index (χ2n) is 6.04. The highest BCUT2D eigenvalue weighted by Gasteiger charge is 2.03. The van der Waals surface area contributed by atoms with E-state index in [1.807, 2.05) is 66.2 Å². The molecule has 0 saturated heterocycles. The standard InChI is InChI=1S/C20H20FN5O/c1-25(2)17-9-11-18(12-10-17)26-13-3-4-19(26)14-22-24-20(27)23-16-7-5-15(21)6-8-16/h3-14H,1-2H3,(H2,23,24,27)/b22-14+. The van der Waals surface area contributed by atoms with Crippen LogP contribution in [0.2, 0.25) is 0 Å². The van der Waals surface area contributed by atoms with Crippen LogP contribution in [0.25, 0.3) is 5.69 Å². The number of amides is 2. The van der Waals surface area contributed by atoms with E-state index in [1.165, 1.54) is 24.3 Å². The van der Waals surface area contributed by atoms with Crippen molar-refractivity contribution in [3.8, 4) is 5.69 Å². The molecule has 1 heterocycles. The summed E-state index contributed by atoms with van der Waals surface area (Å²) in [4.78, 5) is 13.9. The lowest BCUT2D eigenvalue weighted by atomic mass is 10.2. The summed E-state index contributed by atoms with van der Waals surface area (Å²) in [7, 11) is 3.98. The van der Waals surface area contributed by atoms with E-state index >= 15 is 0 Å². The second-order valence-corrected chi connectivity index (χ2v) is 6.04. The Morgan fingerprint density at radius 3 is 2.44 bits per heavy atom. The molecule has 3 rings (SSSR count). The van der Waals surface area contributed by atoms with Crippen LogP contribution in [-0.2, 0) is 0 Å². The molecule has 27 heavy (non-hydrogen) atoms. The normalized spacial score (nSPS) is 10.8. The molecule has 0 unspecified atom stereocenters. The van der Waals surface area contributed by atoms with Crippen molar-refractivity contribution >= 4 is 23.6 Å². The van der Waals surface area contributed by atoms with Gasteiger partial charge in [0.1, 0.15) is 5.82 Å². The third-order valence-electron chi connectivity index (χ3n) is 3.89. The van der Waals surface area contributed by atoms with Crippen molar-refractivity contribution < 1.29 is 9.18 Å². The Hall–Kier alpha value is -3.61. The summed E-state index contributed by atoms with van der Waals surface area (Å²) in [5.74, 6) is -0.363. The Labute approximate surface area is 156 Å². The van der Waals surface area contributed by atoms with E-state index in [0.717, 1.165) is 17.1 Å². The van der Waals surface area contributed by atoms with Gasteiger partial charge in [-0.3, -0.25) is 0 Å². The number of nitrogens with one attached hydrogen (secondary N) is 2. The second kappa shape index (κ2) is 8.18. The van der Waals surface area contributed by atoms with Crippen molar-refractivity contribution in [2.24, 2.45) is 5.10 Å². The molecule has 3 aromatic rings. The Bertz CT molecular complexity index is 930. The number of benzene rings is 2. The quantitative estimate of drug-likeness (QED) is 0.533. The van der Waals surface area contributed by atoms with E-state index < -0.39 is 6.03 Å². The maximum absolute atomic E-state index is 12.9. The number of urea groups is 1. The van der Waals surface area contributed by atoms with Crippen LogP contribution in [0.3, 0.4) is 0 Å². The van der Waals surface area contributed by atoms with E-state index in [9.17, 15) is 9.18 Å². The number of aromatic nitrogens is 1. The zero-order chi connectivity index (χ0) is 19.2. The van der Waals surface area contributed by atoms with Gasteiger partial charge in [-0.25, -0.2) is 14.6 Å². The zero-order valence-corrected chi connectivity index (χ0v) is 15.1. The molecule has 2 N–H and O–H groups in total. The first kappa shape index (κ1) is 18.2. The fraction of sp³-hybridized carbons (Fsp3) is 0.100. The van der Waals surface area contributed by atoms with Gasteiger partial charge in [-0.05, 0) is 60.7 Å². The summed E-state index contributed by atoms with van der Waals surface area (Å²) < 4.78 is 14.8. The summed E-state index contributed by atoms with van der Waals surface area (Å²) in [6.45, 7) is 0. The molecular weight excluding hydrogens is 345 g/mol. The van der Waals surface area contributed by atoms with E-state index in [0.29, 0.717) is 5.69 Å². The molecule has 0 saturated carbocycles. The summed E-state index contributed by atoms with van der Waals surface area (Å²) >= 11 is 0. The van der Waals surface area contributed by atoms with Crippen LogP contribution in [0.1, 0.15) is 5.69 Å². The van der Waals surface area contributed by atoms with Crippen LogP contribution >= 0.6 is 0 Å². The van der Waals surface area contributed by atoms with Crippen LogP contribution in [-0.4, -0.2) is 30.9 Å². The van der Waals surface area contributed by atoms with Gasteiger partial charge in [-0.15, -0.1) is 0 Å². The van der Waals surface area contributed by atoms with Gasteiger partial charge in [0.25, 0.3) is 0 Å². The number of carbonyl (C=O) groups excluding carboxylic acids is 1. The SMILES string of the molecule is CN(C)c1ccc(-n2cccc2/C=N/NC(=O)Nc2ccc(F)cc2)cc1. The predicted octanol–water partition coefficient (Wildman–Crippen LogP) is 3.84. The lowest BCUT2D eigenvalue weighted by Crippen LogP contribution is -2.24. The molecule has 0 aliphatic carbocycles. The summed E-state index contributed by atoms with van der Waals surface area (Å²) in [5, 5.41) is 6.54. The number of rotatable bonds is 5. The van der Waals surface area contributed by atoms with Gasteiger partial charge in [0.05, 0.1) is 11.9 Å². The van der Waals surface area contributed by atoms with Crippen LogP contribution in [0.15, 0.2) is 72.0 Å². The molecule has 7 heteroatoms. The largest absolute Gasteiger partial charge is 0.378 e. The number of halogens is 1. The molecule has 0 fully saturated rings. The summed E-state index contributed by atoms with van der Waals surface area (Å²) in [6, 6.07) is 16.9. The first-order valence-corrected chi connectivity index (χ1v) is 8.34. The zero-order valence-electron chi connectivity index (χ0n) is 15.1. The van der Waals surface area contributed by atoms with Crippen molar-refractivity contribution in [2.45, 2.75) is 0 Å². The Balaban J connectivity index is 1.63. The van der Waals surface area contributed by atoms with Crippen molar-refractivity contribution in [1.29, 1.82) is 0 Å². The number of hydrogen-bond donors (Lipinski definition) is 2. The van der Waals surface area contributed by atoms with Gasteiger partial charge >= 0.3 is 6.03 Å². The maximum atomic E-state index is 12.9. The molecule has 0 spiro atoms. The summed E-state index contributed by atoms with van der Waals surface area (Å²) in [6.07, 6.45) is 3.48. The average molecular weight is 365 g/mol. The van der Waals surface area contributed by atoms with Crippen LogP contribution in [0, 0.1) is 5.82 Å². The van der Waals surface area contributed by atoms with Crippen LogP contribution in [0.5, 0.6) is 0 Å². The number of nitrogens with zero attached hydrogens (tertiary/aromatic N) is 3. The smallest absolute Gasteiger partial charge is 0.339 e. The minimum absolute atomic E-state index is 0.363. The van der Waals surface area contributed by atoms with E-state index in [-0.39, 0.29) is 5.82 Å². The highest BCUT2D eigenvalue weighted by atomic mass is 19.1. The van der Waals surface area contributed by atoms with Gasteiger partial charge in [-0.2, -0.15) is 5.10 Å². The third kappa shape index (κ3) is 4.72. The number of anilines is 2. The highest BCUT2D eigenvalue weighted by molar-refractivity contribution is 5.90. The molecule has 0 radical (unpaired) electrons. The molecule has 0 aliphatic rings. The van der Waals surface area contributed by atoms with Crippen molar-refractivity contribution in [3.05, 3.63) is 78.4 Å². The Morgan fingerprint density at radius 2 is 1.78 bits per heavy atom. The molecule has 138 valence electrons. The average Bonchev–Trinajstić information content (AvgIpc) is 3.12. The topological polar surface area (TPSA) is 61.7 Å². The summed E-state index contributed by atoms with van der Waals surface area (Å²) in [5.41, 5.74) is 5.79. The van der Waals surface area contributed by atoms with Gasteiger partial charge < -0.3 is 14.8 Å². The lowest BCUT2D eigenvalue weighted by molar-refractivity contribution is 0.252. The first-order valence-electron chi connectivity index (χ1n) is 8.34. The van der Waals surface area contributed by atoms with Crippen LogP contribution in [0.4, 0.5) is 20.6 Å². The van der Waals surface area contributed by atoms with Crippen LogP contribution < -0.4 is 15.6 Å².